The third kappa shape index (κ3) is 2.87. The molecular formula is C18H20N2O3. The van der Waals surface area contributed by atoms with Crippen LogP contribution in [0.2, 0.25) is 0 Å². The normalized spacial score (nSPS) is 12.3. The summed E-state index contributed by atoms with van der Waals surface area (Å²) in [7, 11) is 3.24. The monoisotopic (exact) mass is 312 g/mol. The Kier molecular flexibility index (Phi) is 4.21. The highest BCUT2D eigenvalue weighted by Crippen LogP contribution is 2.29. The predicted octanol–water partition coefficient (Wildman–Crippen LogP) is 3.00. The minimum atomic E-state index is -0.595. The van der Waals surface area contributed by atoms with E-state index < -0.39 is 6.10 Å². The maximum Gasteiger partial charge on any atom is 0.160 e. The number of methoxy groups -OCH3 is 2. The third-order valence-electron chi connectivity index (χ3n) is 3.86. The number of imidazole rings is 1. The van der Waals surface area contributed by atoms with Crippen molar-refractivity contribution in [2.45, 2.75) is 19.4 Å². The first-order chi connectivity index (χ1) is 11.1. The Morgan fingerprint density at radius 1 is 1.13 bits per heavy atom. The summed E-state index contributed by atoms with van der Waals surface area (Å²) in [5.41, 5.74) is 3.56. The molecule has 2 heterocycles. The van der Waals surface area contributed by atoms with E-state index in [1.165, 1.54) is 0 Å². The molecule has 0 spiro atoms. The molecule has 0 fully saturated rings. The van der Waals surface area contributed by atoms with Crippen molar-refractivity contribution < 1.29 is 14.6 Å². The van der Waals surface area contributed by atoms with Gasteiger partial charge in [-0.05, 0) is 36.8 Å². The first-order valence-corrected chi connectivity index (χ1v) is 7.49. The molecule has 0 saturated heterocycles. The van der Waals surface area contributed by atoms with E-state index in [9.17, 15) is 5.11 Å². The van der Waals surface area contributed by atoms with Crippen LogP contribution < -0.4 is 9.47 Å². The molecule has 2 aromatic heterocycles. The van der Waals surface area contributed by atoms with E-state index in [1.807, 2.05) is 47.0 Å². The molecule has 0 aliphatic rings. The molecule has 1 unspecified atom stereocenters. The van der Waals surface area contributed by atoms with Crippen LogP contribution in [0.25, 0.3) is 5.65 Å². The fourth-order valence-electron chi connectivity index (χ4n) is 2.82. The van der Waals surface area contributed by atoms with E-state index >= 15 is 0 Å². The van der Waals surface area contributed by atoms with Crippen molar-refractivity contribution in [1.29, 1.82) is 0 Å². The standard InChI is InChI=1S/C18H20N2O3/c1-12(21)18-14(19-17-6-4-5-9-20(17)18)10-13-7-8-15(22-2)16(11-13)23-3/h4-9,11-12,21H,10H2,1-3H3. The van der Waals surface area contributed by atoms with Crippen molar-refractivity contribution in [2.75, 3.05) is 14.2 Å². The van der Waals surface area contributed by atoms with Crippen molar-refractivity contribution in [3.8, 4) is 11.5 Å². The van der Waals surface area contributed by atoms with Gasteiger partial charge in [0, 0.05) is 12.6 Å². The highest BCUT2D eigenvalue weighted by Gasteiger charge is 2.17. The minimum Gasteiger partial charge on any atom is -0.493 e. The summed E-state index contributed by atoms with van der Waals surface area (Å²) >= 11 is 0. The molecule has 3 rings (SSSR count). The van der Waals surface area contributed by atoms with Gasteiger partial charge in [-0.3, -0.25) is 0 Å². The SMILES string of the molecule is COc1ccc(Cc2nc3ccccn3c2C(C)O)cc1OC. The van der Waals surface area contributed by atoms with Gasteiger partial charge in [0.05, 0.1) is 31.7 Å². The molecular weight excluding hydrogens is 292 g/mol. The van der Waals surface area contributed by atoms with Crippen molar-refractivity contribution >= 4 is 5.65 Å². The first-order valence-electron chi connectivity index (χ1n) is 7.49. The Morgan fingerprint density at radius 3 is 2.61 bits per heavy atom. The molecule has 1 atom stereocenters. The number of hydrogen-bond donors (Lipinski definition) is 1. The van der Waals surface area contributed by atoms with Crippen LogP contribution in [0.3, 0.4) is 0 Å². The molecule has 1 N–H and O–H groups in total. The van der Waals surface area contributed by atoms with Crippen LogP contribution >= 0.6 is 0 Å². The molecule has 120 valence electrons. The zero-order valence-electron chi connectivity index (χ0n) is 13.5. The second-order valence-corrected chi connectivity index (χ2v) is 5.41. The molecule has 0 aliphatic carbocycles. The van der Waals surface area contributed by atoms with Crippen molar-refractivity contribution in [3.05, 3.63) is 59.5 Å². The number of aromatic nitrogens is 2. The summed E-state index contributed by atoms with van der Waals surface area (Å²) < 4.78 is 12.5. The van der Waals surface area contributed by atoms with Gasteiger partial charge in [0.1, 0.15) is 5.65 Å². The van der Waals surface area contributed by atoms with Crippen LogP contribution in [-0.4, -0.2) is 28.7 Å². The number of aliphatic hydroxyl groups is 1. The van der Waals surface area contributed by atoms with Gasteiger partial charge >= 0.3 is 0 Å². The van der Waals surface area contributed by atoms with Crippen LogP contribution in [0.1, 0.15) is 30.0 Å². The summed E-state index contributed by atoms with van der Waals surface area (Å²) in [5.74, 6) is 1.38. The molecule has 23 heavy (non-hydrogen) atoms. The van der Waals surface area contributed by atoms with Gasteiger partial charge in [-0.2, -0.15) is 0 Å². The molecule has 0 amide bonds. The quantitative estimate of drug-likeness (QED) is 0.787. The number of benzene rings is 1. The van der Waals surface area contributed by atoms with Gasteiger partial charge in [0.15, 0.2) is 11.5 Å². The smallest absolute Gasteiger partial charge is 0.160 e. The van der Waals surface area contributed by atoms with E-state index in [1.54, 1.807) is 21.1 Å². The number of pyridine rings is 1. The Hall–Kier alpha value is -2.53. The lowest BCUT2D eigenvalue weighted by atomic mass is 10.1. The average Bonchev–Trinajstić information content (AvgIpc) is 2.92. The minimum absolute atomic E-state index is 0.595. The Labute approximate surface area is 135 Å². The second kappa shape index (κ2) is 6.30. The van der Waals surface area contributed by atoms with E-state index in [4.69, 9.17) is 9.47 Å². The molecule has 5 nitrogen and oxygen atoms in total. The van der Waals surface area contributed by atoms with Gasteiger partial charge < -0.3 is 19.0 Å². The zero-order chi connectivity index (χ0) is 16.4. The van der Waals surface area contributed by atoms with Crippen molar-refractivity contribution in [3.63, 3.8) is 0 Å². The number of nitrogens with zero attached hydrogens (tertiary/aromatic N) is 2. The molecule has 0 bridgehead atoms. The number of rotatable bonds is 5. The maximum absolute atomic E-state index is 10.1. The van der Waals surface area contributed by atoms with Crippen LogP contribution in [0.5, 0.6) is 11.5 Å². The third-order valence-corrected chi connectivity index (χ3v) is 3.86. The van der Waals surface area contributed by atoms with E-state index in [0.717, 1.165) is 22.6 Å². The van der Waals surface area contributed by atoms with Crippen LogP contribution in [0.15, 0.2) is 42.6 Å². The van der Waals surface area contributed by atoms with E-state index in [0.29, 0.717) is 17.9 Å². The molecule has 0 aliphatic heterocycles. The van der Waals surface area contributed by atoms with Crippen molar-refractivity contribution in [2.24, 2.45) is 0 Å². The fourth-order valence-corrected chi connectivity index (χ4v) is 2.82. The number of ether oxygens (including phenoxy) is 2. The van der Waals surface area contributed by atoms with Crippen LogP contribution in [0.4, 0.5) is 0 Å². The highest BCUT2D eigenvalue weighted by atomic mass is 16.5. The van der Waals surface area contributed by atoms with E-state index in [2.05, 4.69) is 4.98 Å². The summed E-state index contributed by atoms with van der Waals surface area (Å²) in [6, 6.07) is 11.6. The molecule has 5 heteroatoms. The lowest BCUT2D eigenvalue weighted by molar-refractivity contribution is 0.192. The van der Waals surface area contributed by atoms with Crippen LogP contribution in [-0.2, 0) is 6.42 Å². The predicted molar refractivity (Wildman–Crippen MR) is 88.2 cm³/mol. The Morgan fingerprint density at radius 2 is 1.91 bits per heavy atom. The number of hydrogen-bond acceptors (Lipinski definition) is 4. The maximum atomic E-state index is 10.1. The van der Waals surface area contributed by atoms with Gasteiger partial charge in [0.2, 0.25) is 0 Å². The number of aliphatic hydroxyl groups excluding tert-OH is 1. The van der Waals surface area contributed by atoms with E-state index in [-0.39, 0.29) is 0 Å². The zero-order valence-corrected chi connectivity index (χ0v) is 13.5. The van der Waals surface area contributed by atoms with Gasteiger partial charge in [-0.15, -0.1) is 0 Å². The topological polar surface area (TPSA) is 56.0 Å². The van der Waals surface area contributed by atoms with Gasteiger partial charge in [-0.1, -0.05) is 12.1 Å². The molecule has 3 aromatic rings. The Balaban J connectivity index is 2.03. The van der Waals surface area contributed by atoms with Gasteiger partial charge in [-0.25, -0.2) is 4.98 Å². The fraction of sp³-hybridized carbons (Fsp3) is 0.278. The number of fused-ring (bicyclic) bond motifs is 1. The Bertz CT molecular complexity index is 824. The summed E-state index contributed by atoms with van der Waals surface area (Å²) in [5, 5.41) is 10.1. The molecule has 0 saturated carbocycles. The lowest BCUT2D eigenvalue weighted by Crippen LogP contribution is -2.02. The first kappa shape index (κ1) is 15.4. The highest BCUT2D eigenvalue weighted by molar-refractivity contribution is 5.47. The second-order valence-electron chi connectivity index (χ2n) is 5.41. The summed E-state index contributed by atoms with van der Waals surface area (Å²) in [6.07, 6.45) is 1.94. The summed E-state index contributed by atoms with van der Waals surface area (Å²) in [4.78, 5) is 4.66. The largest absolute Gasteiger partial charge is 0.493 e. The lowest BCUT2D eigenvalue weighted by Gasteiger charge is -2.10. The van der Waals surface area contributed by atoms with Gasteiger partial charge in [0.25, 0.3) is 0 Å². The molecule has 0 radical (unpaired) electrons. The van der Waals surface area contributed by atoms with Crippen molar-refractivity contribution in [1.82, 2.24) is 9.38 Å². The van der Waals surface area contributed by atoms with Crippen LogP contribution in [0, 0.1) is 0 Å². The molecule has 1 aromatic carbocycles. The summed E-state index contributed by atoms with van der Waals surface area (Å²) in [6.45, 7) is 1.76. The average molecular weight is 312 g/mol.